The molecule has 4 rings (SSSR count). The van der Waals surface area contributed by atoms with Crippen molar-refractivity contribution < 1.29 is 0 Å². The van der Waals surface area contributed by atoms with Gasteiger partial charge in [-0.15, -0.1) is 22.2 Å². The molecule has 0 aromatic heterocycles. The predicted molar refractivity (Wildman–Crippen MR) is 224 cm³/mol. The van der Waals surface area contributed by atoms with Gasteiger partial charge in [-0.25, -0.2) is 0 Å². The fraction of sp³-hybridized carbons (Fsp3) is 0.500. The van der Waals surface area contributed by atoms with Gasteiger partial charge in [0.25, 0.3) is 0 Å². The van der Waals surface area contributed by atoms with Crippen LogP contribution in [0.3, 0.4) is 0 Å². The number of benzene rings is 3. The Kier molecular flexibility index (Phi) is 11.9. The van der Waals surface area contributed by atoms with Crippen molar-refractivity contribution in [1.29, 1.82) is 0 Å². The fourth-order valence-electron chi connectivity index (χ4n) is 7.13. The van der Waals surface area contributed by atoms with Gasteiger partial charge in [0.2, 0.25) is 0 Å². The molecule has 1 aliphatic rings. The summed E-state index contributed by atoms with van der Waals surface area (Å²) in [5.41, 5.74) is 26.0. The van der Waals surface area contributed by atoms with Crippen LogP contribution >= 0.6 is 0 Å². The van der Waals surface area contributed by atoms with Gasteiger partial charge in [0.1, 0.15) is 15.8 Å². The average molecular weight is 703 g/mol. The fourth-order valence-corrected chi connectivity index (χ4v) is 24.0. The molecular formula is C44H62Si4. The van der Waals surface area contributed by atoms with Crippen LogP contribution in [0.5, 0.6) is 0 Å². The van der Waals surface area contributed by atoms with E-state index in [9.17, 15) is 0 Å². The van der Waals surface area contributed by atoms with E-state index < -0.39 is 31.9 Å². The van der Waals surface area contributed by atoms with Crippen LogP contribution in [0.15, 0.2) is 48.5 Å². The molecule has 0 saturated carbocycles. The summed E-state index contributed by atoms with van der Waals surface area (Å²) in [7, 11) is -7.11. The molecule has 1 aliphatic heterocycles. The molecule has 0 bridgehead atoms. The van der Waals surface area contributed by atoms with Crippen LogP contribution in [-0.2, 0) is 0 Å². The van der Waals surface area contributed by atoms with E-state index in [2.05, 4.69) is 180 Å². The van der Waals surface area contributed by atoms with Crippen LogP contribution < -0.4 is 20.7 Å². The van der Waals surface area contributed by atoms with Gasteiger partial charge < -0.3 is 0 Å². The maximum absolute atomic E-state index is 4.29. The molecule has 0 N–H and O–H groups in total. The first-order valence-corrected chi connectivity index (χ1v) is 28.5. The zero-order valence-electron chi connectivity index (χ0n) is 33.1. The van der Waals surface area contributed by atoms with Crippen LogP contribution in [0, 0.1) is 22.2 Å². The predicted octanol–water partition coefficient (Wildman–Crippen LogP) is 9.32. The van der Waals surface area contributed by atoms with E-state index in [1.807, 2.05) is 0 Å². The molecule has 0 aliphatic carbocycles. The third kappa shape index (κ3) is 7.84. The van der Waals surface area contributed by atoms with Gasteiger partial charge in [-0.05, 0) is 89.6 Å². The third-order valence-corrected chi connectivity index (χ3v) is 23.3. The Morgan fingerprint density at radius 3 is 0.938 bits per heavy atom. The average Bonchev–Trinajstić information content (AvgIpc) is 3.00. The Morgan fingerprint density at radius 2 is 0.708 bits per heavy atom. The molecule has 48 heavy (non-hydrogen) atoms. The first kappa shape index (κ1) is 38.4. The summed E-state index contributed by atoms with van der Waals surface area (Å²) in [5, 5.41) is 6.22. The van der Waals surface area contributed by atoms with Gasteiger partial charge in [0, 0.05) is 0 Å². The Hall–Kier alpha value is -2.35. The first-order valence-electron chi connectivity index (χ1n) is 18.5. The molecule has 1 heterocycles. The Balaban J connectivity index is 2.39. The summed E-state index contributed by atoms with van der Waals surface area (Å²) in [6.07, 6.45) is 0. The maximum Gasteiger partial charge on any atom is 0.162 e. The zero-order valence-corrected chi connectivity index (χ0v) is 37.1. The number of hydrogen-bond donors (Lipinski definition) is 0. The summed E-state index contributed by atoms with van der Waals surface area (Å²) in [4.78, 5) is 0. The maximum atomic E-state index is 4.29. The van der Waals surface area contributed by atoms with Gasteiger partial charge in [-0.3, -0.25) is 0 Å². The Morgan fingerprint density at radius 1 is 0.438 bits per heavy atom. The van der Waals surface area contributed by atoms with E-state index in [0.717, 1.165) is 0 Å². The summed E-state index contributed by atoms with van der Waals surface area (Å²) in [5.74, 6) is 2.69. The van der Waals surface area contributed by atoms with E-state index in [-0.39, 0.29) is 0 Å². The number of hydrogen-bond acceptors (Lipinski definition) is 0. The van der Waals surface area contributed by atoms with Crippen molar-refractivity contribution in [2.45, 2.75) is 145 Å². The lowest BCUT2D eigenvalue weighted by Crippen LogP contribution is -2.58. The second-order valence-corrected chi connectivity index (χ2v) is 31.2. The lowest BCUT2D eigenvalue weighted by atomic mass is 9.89. The lowest BCUT2D eigenvalue weighted by Gasteiger charge is -2.29. The minimum atomic E-state index is -2.11. The molecular weight excluding hydrogens is 641 g/mol. The quantitative estimate of drug-likeness (QED) is 0.162. The van der Waals surface area contributed by atoms with Crippen molar-refractivity contribution in [1.82, 2.24) is 0 Å². The summed E-state index contributed by atoms with van der Waals surface area (Å²) in [6, 6.07) is 19.5. The molecule has 0 spiro atoms. The van der Waals surface area contributed by atoms with Crippen LogP contribution in [0.4, 0.5) is 0 Å². The van der Waals surface area contributed by atoms with Crippen molar-refractivity contribution >= 4 is 52.7 Å². The molecule has 0 fully saturated rings. The lowest BCUT2D eigenvalue weighted by molar-refractivity contribution is 0.812. The molecule has 3 aromatic rings. The van der Waals surface area contributed by atoms with Gasteiger partial charge in [-0.1, -0.05) is 158 Å². The van der Waals surface area contributed by atoms with Crippen molar-refractivity contribution in [2.75, 3.05) is 0 Å². The highest BCUT2D eigenvalue weighted by molar-refractivity contribution is 7.17. The second-order valence-electron chi connectivity index (χ2n) is 17.1. The smallest absolute Gasteiger partial charge is 0.129 e. The van der Waals surface area contributed by atoms with Crippen molar-refractivity contribution in [3.8, 4) is 22.2 Å². The summed E-state index contributed by atoms with van der Waals surface area (Å²) in [6.45, 7) is 38.6. The highest BCUT2D eigenvalue weighted by Gasteiger charge is 2.34. The third-order valence-electron chi connectivity index (χ3n) is 10.3. The summed E-state index contributed by atoms with van der Waals surface area (Å²) >= 11 is 0. The van der Waals surface area contributed by atoms with Gasteiger partial charge in [0.05, 0.1) is 0 Å². The SMILES string of the molecule is CC(C)c1cc(C(C)C)c(/[Si]2=[Si](\c3c(C(C)C)cc(C(C)C)cc3C(C)C)C#C[Si](C)(C)c3ccccc3[Si](C)(C)C#C2)c(C(C)C)c1. The highest BCUT2D eigenvalue weighted by Crippen LogP contribution is 2.28. The monoisotopic (exact) mass is 702 g/mol. The van der Waals surface area contributed by atoms with Gasteiger partial charge in [-0.2, -0.15) is 0 Å². The molecule has 4 heteroatoms. The minimum Gasteiger partial charge on any atom is -0.129 e. The first-order chi connectivity index (χ1) is 22.3. The van der Waals surface area contributed by atoms with Crippen LogP contribution in [-0.4, -0.2) is 31.9 Å². The topological polar surface area (TPSA) is 0 Å². The second kappa shape index (κ2) is 14.9. The Bertz CT molecular complexity index is 1650. The standard InChI is InChI=1S/C44H62Si4/c1-29(2)35-25-37(31(5)6)43(38(26-35)32(7)8)45-21-23-47(13,14)41-19-17-18-20-42(41)48(15,16)24-22-46(45)44-39(33(9)10)27-36(30(3)4)28-40(44)34(11)12/h17-20,25-34H,1-16H3/b46-45-. The summed E-state index contributed by atoms with van der Waals surface area (Å²) < 4.78 is 0. The van der Waals surface area contributed by atoms with Crippen LogP contribution in [0.1, 0.15) is 152 Å². The zero-order chi connectivity index (χ0) is 35.9. The van der Waals surface area contributed by atoms with Crippen molar-refractivity contribution in [3.05, 3.63) is 81.9 Å². The van der Waals surface area contributed by atoms with Crippen LogP contribution in [0.25, 0.3) is 0 Å². The van der Waals surface area contributed by atoms with Crippen LogP contribution in [0.2, 0.25) is 26.2 Å². The highest BCUT2D eigenvalue weighted by atomic mass is 28.9. The molecule has 0 radical (unpaired) electrons. The van der Waals surface area contributed by atoms with E-state index in [0.29, 0.717) is 35.5 Å². The molecule has 254 valence electrons. The molecule has 3 aromatic carbocycles. The largest absolute Gasteiger partial charge is 0.162 e. The molecule has 0 unspecified atom stereocenters. The molecule has 0 amide bonds. The molecule has 0 atom stereocenters. The number of fused-ring (bicyclic) bond motifs is 1. The van der Waals surface area contributed by atoms with Gasteiger partial charge >= 0.3 is 0 Å². The Labute approximate surface area is 300 Å². The van der Waals surface area contributed by atoms with Gasteiger partial charge in [0.15, 0.2) is 16.1 Å². The van der Waals surface area contributed by atoms with E-state index in [1.165, 1.54) is 43.8 Å². The molecule has 0 nitrogen and oxygen atoms in total. The van der Waals surface area contributed by atoms with E-state index in [1.54, 1.807) is 10.4 Å². The van der Waals surface area contributed by atoms with Crippen molar-refractivity contribution in [2.24, 2.45) is 0 Å². The number of rotatable bonds is 8. The minimum absolute atomic E-state index is 0.427. The van der Waals surface area contributed by atoms with E-state index in [4.69, 9.17) is 0 Å². The van der Waals surface area contributed by atoms with Crippen molar-refractivity contribution in [3.63, 3.8) is 0 Å². The van der Waals surface area contributed by atoms with E-state index >= 15 is 0 Å². The normalized spacial score (nSPS) is 17.1. The molecule has 0 saturated heterocycles.